The number of nitrogens with zero attached hydrogens (tertiary/aromatic N) is 1. The Morgan fingerprint density at radius 1 is 1.28 bits per heavy atom. The van der Waals surface area contributed by atoms with Crippen LogP contribution in [-0.2, 0) is 6.42 Å². The van der Waals surface area contributed by atoms with E-state index >= 15 is 0 Å². The van der Waals surface area contributed by atoms with Crippen LogP contribution in [0.4, 0.5) is 0 Å². The molecule has 0 bridgehead atoms. The van der Waals surface area contributed by atoms with Crippen LogP contribution >= 0.6 is 0 Å². The fraction of sp³-hybridized carbons (Fsp3) is 0.176. The van der Waals surface area contributed by atoms with E-state index in [0.717, 1.165) is 17.7 Å². The number of hydrogen-bond acceptors (Lipinski definition) is 5. The summed E-state index contributed by atoms with van der Waals surface area (Å²) in [6, 6.07) is 9.15. The summed E-state index contributed by atoms with van der Waals surface area (Å²) < 4.78 is 5.77. The van der Waals surface area contributed by atoms with Crippen LogP contribution in [0.5, 0.6) is 5.75 Å². The molecule has 1 aliphatic rings. The van der Waals surface area contributed by atoms with Gasteiger partial charge in [-0.2, -0.15) is 0 Å². The number of aromatic nitrogens is 3. The maximum Gasteiger partial charge on any atom is 0.327 e. The third-order valence-electron chi connectivity index (χ3n) is 4.06. The molecular weight excluding hydrogens is 324 g/mol. The zero-order valence-electron chi connectivity index (χ0n) is 13.0. The van der Waals surface area contributed by atoms with Crippen LogP contribution in [0.25, 0.3) is 11.0 Å². The first kappa shape index (κ1) is 15.1. The highest BCUT2D eigenvalue weighted by atomic mass is 16.5. The Morgan fingerprint density at radius 3 is 2.96 bits per heavy atom. The minimum atomic E-state index is -0.639. The first-order chi connectivity index (χ1) is 12.1. The first-order valence-corrected chi connectivity index (χ1v) is 7.75. The average Bonchev–Trinajstić information content (AvgIpc) is 3.02. The number of carbonyl (C=O) groups is 1. The van der Waals surface area contributed by atoms with E-state index in [1.54, 1.807) is 0 Å². The van der Waals surface area contributed by atoms with Crippen molar-refractivity contribution in [1.29, 1.82) is 0 Å². The molecule has 0 aliphatic carbocycles. The van der Waals surface area contributed by atoms with Gasteiger partial charge in [-0.15, -0.1) is 0 Å². The fourth-order valence-electron chi connectivity index (χ4n) is 2.85. The van der Waals surface area contributed by atoms with E-state index in [2.05, 4.69) is 20.3 Å². The molecule has 8 nitrogen and oxygen atoms in total. The molecule has 1 unspecified atom stereocenters. The van der Waals surface area contributed by atoms with Gasteiger partial charge in [0.05, 0.1) is 17.5 Å². The van der Waals surface area contributed by atoms with Gasteiger partial charge >= 0.3 is 5.69 Å². The molecule has 126 valence electrons. The second-order valence-corrected chi connectivity index (χ2v) is 5.79. The summed E-state index contributed by atoms with van der Waals surface area (Å²) in [6.07, 6.45) is 1.92. The fourth-order valence-corrected chi connectivity index (χ4v) is 2.85. The second kappa shape index (κ2) is 5.90. The van der Waals surface area contributed by atoms with Crippen molar-refractivity contribution in [2.24, 2.45) is 0 Å². The van der Waals surface area contributed by atoms with Crippen LogP contribution in [0.3, 0.4) is 0 Å². The highest BCUT2D eigenvalue weighted by Gasteiger charge is 2.23. The SMILES string of the molecule is O=C(NCC1Cc2ccccc2O1)c1cnc2[nH]c(=O)[nH]c(=O)c2c1. The normalized spacial score (nSPS) is 15.6. The molecule has 25 heavy (non-hydrogen) atoms. The summed E-state index contributed by atoms with van der Waals surface area (Å²) in [4.78, 5) is 43.8. The van der Waals surface area contributed by atoms with E-state index in [1.807, 2.05) is 24.3 Å². The van der Waals surface area contributed by atoms with Gasteiger partial charge in [-0.05, 0) is 17.7 Å². The Hall–Kier alpha value is -3.42. The molecule has 4 rings (SSSR count). The number of fused-ring (bicyclic) bond motifs is 2. The van der Waals surface area contributed by atoms with Crippen LogP contribution in [-0.4, -0.2) is 33.5 Å². The Labute approximate surface area is 140 Å². The number of H-pyrrole nitrogens is 2. The maximum absolute atomic E-state index is 12.3. The predicted octanol–water partition coefficient (Wildman–Crippen LogP) is 0.345. The maximum atomic E-state index is 12.3. The molecule has 3 N–H and O–H groups in total. The molecule has 0 radical (unpaired) electrons. The summed E-state index contributed by atoms with van der Waals surface area (Å²) in [5.41, 5.74) is 0.265. The van der Waals surface area contributed by atoms with E-state index in [0.29, 0.717) is 6.54 Å². The minimum Gasteiger partial charge on any atom is -0.488 e. The van der Waals surface area contributed by atoms with Crippen molar-refractivity contribution in [1.82, 2.24) is 20.3 Å². The molecule has 0 saturated carbocycles. The molecule has 3 aromatic rings. The number of aromatic amines is 2. The summed E-state index contributed by atoms with van der Waals surface area (Å²) >= 11 is 0. The Balaban J connectivity index is 1.48. The average molecular weight is 338 g/mol. The van der Waals surface area contributed by atoms with Crippen molar-refractivity contribution in [2.45, 2.75) is 12.5 Å². The summed E-state index contributed by atoms with van der Waals surface area (Å²) in [5, 5.41) is 2.93. The smallest absolute Gasteiger partial charge is 0.327 e. The van der Waals surface area contributed by atoms with Crippen LogP contribution in [0.1, 0.15) is 15.9 Å². The topological polar surface area (TPSA) is 117 Å². The molecule has 1 aromatic carbocycles. The molecule has 3 heterocycles. The molecule has 2 aromatic heterocycles. The van der Waals surface area contributed by atoms with Crippen molar-refractivity contribution in [3.8, 4) is 5.75 Å². The standard InChI is InChI=1S/C17H14N4O4/c22-15(19-8-11-5-9-3-1-2-4-13(9)25-11)10-6-12-14(18-7-10)20-17(24)21-16(12)23/h1-4,6-7,11H,5,8H2,(H,19,22)(H2,18,20,21,23,24). The predicted molar refractivity (Wildman–Crippen MR) is 89.9 cm³/mol. The Bertz CT molecular complexity index is 1060. The van der Waals surface area contributed by atoms with E-state index < -0.39 is 11.2 Å². The monoisotopic (exact) mass is 338 g/mol. The number of benzene rings is 1. The van der Waals surface area contributed by atoms with Gasteiger partial charge in [0.15, 0.2) is 0 Å². The van der Waals surface area contributed by atoms with Gasteiger partial charge < -0.3 is 10.1 Å². The van der Waals surface area contributed by atoms with E-state index in [4.69, 9.17) is 4.74 Å². The van der Waals surface area contributed by atoms with Gasteiger partial charge in [-0.1, -0.05) is 18.2 Å². The van der Waals surface area contributed by atoms with E-state index in [9.17, 15) is 14.4 Å². The quantitative estimate of drug-likeness (QED) is 0.637. The number of pyridine rings is 1. The first-order valence-electron chi connectivity index (χ1n) is 7.75. The van der Waals surface area contributed by atoms with Gasteiger partial charge in [-0.3, -0.25) is 19.6 Å². The highest BCUT2D eigenvalue weighted by Crippen LogP contribution is 2.27. The Kier molecular flexibility index (Phi) is 3.57. The van der Waals surface area contributed by atoms with E-state index in [1.165, 1.54) is 12.3 Å². The molecule has 8 heteroatoms. The zero-order valence-corrected chi connectivity index (χ0v) is 13.0. The van der Waals surface area contributed by atoms with Gasteiger partial charge in [0.2, 0.25) is 0 Å². The number of para-hydroxylation sites is 1. The molecular formula is C17H14N4O4. The molecule has 1 amide bonds. The van der Waals surface area contributed by atoms with Crippen molar-refractivity contribution >= 4 is 16.9 Å². The number of rotatable bonds is 3. The highest BCUT2D eigenvalue weighted by molar-refractivity contribution is 5.96. The number of carbonyl (C=O) groups excluding carboxylic acids is 1. The number of hydrogen-bond donors (Lipinski definition) is 3. The lowest BCUT2D eigenvalue weighted by molar-refractivity contribution is 0.0933. The number of amides is 1. The summed E-state index contributed by atoms with van der Waals surface area (Å²) in [5.74, 6) is 0.476. The lowest BCUT2D eigenvalue weighted by Gasteiger charge is -2.12. The van der Waals surface area contributed by atoms with Crippen molar-refractivity contribution in [3.05, 3.63) is 68.5 Å². The largest absolute Gasteiger partial charge is 0.488 e. The lowest BCUT2D eigenvalue weighted by atomic mass is 10.1. The van der Waals surface area contributed by atoms with Crippen molar-refractivity contribution < 1.29 is 9.53 Å². The van der Waals surface area contributed by atoms with E-state index in [-0.39, 0.29) is 28.6 Å². The molecule has 1 aliphatic heterocycles. The van der Waals surface area contributed by atoms with Gasteiger partial charge in [0.1, 0.15) is 17.5 Å². The number of ether oxygens (including phenoxy) is 1. The Morgan fingerprint density at radius 2 is 2.12 bits per heavy atom. The molecule has 0 saturated heterocycles. The van der Waals surface area contributed by atoms with Gasteiger partial charge in [-0.25, -0.2) is 9.78 Å². The lowest BCUT2D eigenvalue weighted by Crippen LogP contribution is -2.34. The van der Waals surface area contributed by atoms with Crippen molar-refractivity contribution in [3.63, 3.8) is 0 Å². The molecule has 1 atom stereocenters. The van der Waals surface area contributed by atoms with Crippen LogP contribution in [0, 0.1) is 0 Å². The second-order valence-electron chi connectivity index (χ2n) is 5.79. The zero-order chi connectivity index (χ0) is 17.4. The summed E-state index contributed by atoms with van der Waals surface area (Å²) in [7, 11) is 0. The summed E-state index contributed by atoms with van der Waals surface area (Å²) in [6.45, 7) is 0.341. The third-order valence-corrected chi connectivity index (χ3v) is 4.06. The number of nitrogens with one attached hydrogen (secondary N) is 3. The molecule has 0 spiro atoms. The third kappa shape index (κ3) is 2.89. The minimum absolute atomic E-state index is 0.130. The van der Waals surface area contributed by atoms with Crippen LogP contribution < -0.4 is 21.3 Å². The van der Waals surface area contributed by atoms with Crippen LogP contribution in [0.2, 0.25) is 0 Å². The van der Waals surface area contributed by atoms with Crippen LogP contribution in [0.15, 0.2) is 46.1 Å². The van der Waals surface area contributed by atoms with Gasteiger partial charge in [0.25, 0.3) is 11.5 Å². The van der Waals surface area contributed by atoms with Crippen molar-refractivity contribution in [2.75, 3.05) is 6.54 Å². The molecule has 0 fully saturated rings. The van der Waals surface area contributed by atoms with Gasteiger partial charge in [0, 0.05) is 12.6 Å².